The van der Waals surface area contributed by atoms with Crippen molar-refractivity contribution < 1.29 is 4.79 Å². The highest BCUT2D eigenvalue weighted by Crippen LogP contribution is 2.24. The summed E-state index contributed by atoms with van der Waals surface area (Å²) in [4.78, 5) is 16.3. The van der Waals surface area contributed by atoms with Crippen LogP contribution in [0, 0.1) is 5.92 Å². The Bertz CT molecular complexity index is 649. The average Bonchev–Trinajstić information content (AvgIpc) is 3.01. The van der Waals surface area contributed by atoms with E-state index in [4.69, 9.17) is 5.73 Å². The van der Waals surface area contributed by atoms with Gasteiger partial charge in [-0.2, -0.15) is 5.10 Å². The fourth-order valence-electron chi connectivity index (χ4n) is 3.04. The summed E-state index contributed by atoms with van der Waals surface area (Å²) in [6.45, 7) is 0.772. The van der Waals surface area contributed by atoms with E-state index in [0.29, 0.717) is 5.82 Å². The maximum atomic E-state index is 12.3. The second kappa shape index (κ2) is 10.4. The van der Waals surface area contributed by atoms with Gasteiger partial charge in [-0.15, -0.1) is 24.8 Å². The second-order valence-electron chi connectivity index (χ2n) is 6.18. The first kappa shape index (κ1) is 21.4. The highest BCUT2D eigenvalue weighted by Gasteiger charge is 2.25. The molecule has 1 aliphatic rings. The predicted molar refractivity (Wildman–Crippen MR) is 103 cm³/mol. The minimum absolute atomic E-state index is 0. The minimum atomic E-state index is 0. The summed E-state index contributed by atoms with van der Waals surface area (Å²) in [6, 6.07) is 5.99. The van der Waals surface area contributed by atoms with Crippen LogP contribution < -0.4 is 11.1 Å². The van der Waals surface area contributed by atoms with Gasteiger partial charge in [-0.05, 0) is 43.4 Å². The average molecular weight is 386 g/mol. The van der Waals surface area contributed by atoms with Crippen LogP contribution in [-0.2, 0) is 17.8 Å². The Labute approximate surface area is 160 Å². The molecule has 2 heterocycles. The van der Waals surface area contributed by atoms with Gasteiger partial charge in [0.1, 0.15) is 0 Å². The van der Waals surface area contributed by atoms with Crippen LogP contribution in [0.4, 0.5) is 5.82 Å². The number of hydrogen-bond acceptors (Lipinski definition) is 4. The first-order valence-corrected chi connectivity index (χ1v) is 8.19. The molecule has 0 saturated heterocycles. The summed E-state index contributed by atoms with van der Waals surface area (Å²) in [5.74, 6) is 0.670. The smallest absolute Gasteiger partial charge is 0.228 e. The third-order valence-corrected chi connectivity index (χ3v) is 4.36. The van der Waals surface area contributed by atoms with Crippen molar-refractivity contribution in [3.63, 3.8) is 0 Å². The highest BCUT2D eigenvalue weighted by atomic mass is 35.5. The summed E-state index contributed by atoms with van der Waals surface area (Å²) in [7, 11) is 0. The van der Waals surface area contributed by atoms with E-state index in [1.165, 1.54) is 5.56 Å². The molecule has 138 valence electrons. The lowest BCUT2D eigenvalue weighted by Crippen LogP contribution is -2.34. The first-order valence-electron chi connectivity index (χ1n) is 8.19. The van der Waals surface area contributed by atoms with Gasteiger partial charge >= 0.3 is 0 Å². The van der Waals surface area contributed by atoms with Crippen LogP contribution >= 0.6 is 24.8 Å². The number of rotatable bonds is 5. The highest BCUT2D eigenvalue weighted by molar-refractivity contribution is 5.91. The van der Waals surface area contributed by atoms with Gasteiger partial charge in [-0.3, -0.25) is 14.5 Å². The number of hydrogen-bond donors (Lipinski definition) is 2. The largest absolute Gasteiger partial charge is 0.328 e. The van der Waals surface area contributed by atoms with Gasteiger partial charge < -0.3 is 11.1 Å². The Hall–Kier alpha value is -1.63. The first-order chi connectivity index (χ1) is 11.2. The normalized spacial score (nSPS) is 19.4. The van der Waals surface area contributed by atoms with Gasteiger partial charge in [-0.25, -0.2) is 0 Å². The van der Waals surface area contributed by atoms with Crippen molar-refractivity contribution in [3.05, 3.63) is 42.4 Å². The van der Waals surface area contributed by atoms with Crippen molar-refractivity contribution in [1.29, 1.82) is 0 Å². The zero-order valence-corrected chi connectivity index (χ0v) is 15.6. The van der Waals surface area contributed by atoms with Crippen LogP contribution in [0.1, 0.15) is 31.2 Å². The SMILES string of the molecule is Cl.Cl.NC1CCCC(C(=O)Nc2ccn(CCc3ccncc3)n2)C1. The monoisotopic (exact) mass is 385 g/mol. The molecule has 25 heavy (non-hydrogen) atoms. The standard InChI is InChI=1S/C17H23N5O.2ClH/c18-15-3-1-2-14(12-15)17(23)20-16-7-11-22(21-16)10-6-13-4-8-19-9-5-13;;/h4-5,7-9,11,14-15H,1-3,6,10,12,18H2,(H,20,21,23);2*1H. The fraction of sp³-hybridized carbons (Fsp3) is 0.471. The van der Waals surface area contributed by atoms with Crippen LogP contribution in [0.25, 0.3) is 0 Å². The van der Waals surface area contributed by atoms with Gasteiger partial charge in [0.25, 0.3) is 0 Å². The third kappa shape index (κ3) is 6.30. The molecule has 0 aromatic carbocycles. The molecular formula is C17H25Cl2N5O. The topological polar surface area (TPSA) is 85.8 Å². The van der Waals surface area contributed by atoms with Gasteiger partial charge in [0.15, 0.2) is 5.82 Å². The molecule has 3 rings (SSSR count). The molecule has 2 unspecified atom stereocenters. The number of nitrogens with one attached hydrogen (secondary N) is 1. The molecule has 2 atom stereocenters. The molecule has 0 bridgehead atoms. The lowest BCUT2D eigenvalue weighted by Gasteiger charge is -2.25. The molecule has 1 amide bonds. The molecule has 2 aromatic heterocycles. The van der Waals surface area contributed by atoms with Gasteiger partial charge in [-0.1, -0.05) is 6.42 Å². The maximum absolute atomic E-state index is 12.3. The van der Waals surface area contributed by atoms with Crippen LogP contribution in [-0.4, -0.2) is 26.7 Å². The van der Waals surface area contributed by atoms with Crippen LogP contribution in [0.5, 0.6) is 0 Å². The summed E-state index contributed by atoms with van der Waals surface area (Å²) < 4.78 is 1.85. The summed E-state index contributed by atoms with van der Waals surface area (Å²) in [6.07, 6.45) is 10.1. The molecule has 0 spiro atoms. The number of nitrogens with zero attached hydrogens (tertiary/aromatic N) is 3. The molecule has 0 aliphatic heterocycles. The van der Waals surface area contributed by atoms with Crippen LogP contribution in [0.15, 0.2) is 36.8 Å². The molecule has 8 heteroatoms. The quantitative estimate of drug-likeness (QED) is 0.828. The zero-order chi connectivity index (χ0) is 16.1. The van der Waals surface area contributed by atoms with Crippen molar-refractivity contribution in [2.75, 3.05) is 5.32 Å². The molecular weight excluding hydrogens is 361 g/mol. The van der Waals surface area contributed by atoms with Crippen LogP contribution in [0.3, 0.4) is 0 Å². The van der Waals surface area contributed by atoms with E-state index in [0.717, 1.165) is 38.6 Å². The molecule has 1 aliphatic carbocycles. The van der Waals surface area contributed by atoms with E-state index in [9.17, 15) is 4.79 Å². The summed E-state index contributed by atoms with van der Waals surface area (Å²) in [5.41, 5.74) is 7.17. The summed E-state index contributed by atoms with van der Waals surface area (Å²) >= 11 is 0. The van der Waals surface area contributed by atoms with Crippen molar-refractivity contribution in [3.8, 4) is 0 Å². The Morgan fingerprint density at radius 1 is 1.24 bits per heavy atom. The van der Waals surface area contributed by atoms with E-state index < -0.39 is 0 Å². The summed E-state index contributed by atoms with van der Waals surface area (Å²) in [5, 5.41) is 7.33. The van der Waals surface area contributed by atoms with Crippen molar-refractivity contribution in [2.24, 2.45) is 11.7 Å². The zero-order valence-electron chi connectivity index (χ0n) is 14.0. The van der Waals surface area contributed by atoms with E-state index in [2.05, 4.69) is 15.4 Å². The number of aryl methyl sites for hydroxylation is 2. The van der Waals surface area contributed by atoms with Crippen molar-refractivity contribution >= 4 is 36.5 Å². The van der Waals surface area contributed by atoms with E-state index >= 15 is 0 Å². The van der Waals surface area contributed by atoms with Gasteiger partial charge in [0.05, 0.1) is 0 Å². The number of anilines is 1. The number of aromatic nitrogens is 3. The van der Waals surface area contributed by atoms with E-state index in [1.807, 2.05) is 29.1 Å². The van der Waals surface area contributed by atoms with Crippen LogP contribution in [0.2, 0.25) is 0 Å². The molecule has 0 radical (unpaired) electrons. The number of nitrogens with two attached hydrogens (primary N) is 1. The molecule has 3 N–H and O–H groups in total. The van der Waals surface area contributed by atoms with E-state index in [1.54, 1.807) is 12.4 Å². The molecule has 6 nitrogen and oxygen atoms in total. The Balaban J connectivity index is 0.00000156. The lowest BCUT2D eigenvalue weighted by atomic mass is 9.85. The number of amides is 1. The molecule has 1 fully saturated rings. The Morgan fingerprint density at radius 3 is 2.72 bits per heavy atom. The minimum Gasteiger partial charge on any atom is -0.328 e. The number of halogens is 2. The second-order valence-corrected chi connectivity index (χ2v) is 6.18. The number of carbonyl (C=O) groups is 1. The number of carbonyl (C=O) groups excluding carboxylic acids is 1. The molecule has 1 saturated carbocycles. The van der Waals surface area contributed by atoms with Gasteiger partial charge in [0.2, 0.25) is 5.91 Å². The van der Waals surface area contributed by atoms with Crippen molar-refractivity contribution in [2.45, 2.75) is 44.7 Å². The maximum Gasteiger partial charge on any atom is 0.228 e. The molecule has 2 aromatic rings. The number of pyridine rings is 1. The van der Waals surface area contributed by atoms with Crippen molar-refractivity contribution in [1.82, 2.24) is 14.8 Å². The Morgan fingerprint density at radius 2 is 2.00 bits per heavy atom. The lowest BCUT2D eigenvalue weighted by molar-refractivity contribution is -0.120. The fourth-order valence-corrected chi connectivity index (χ4v) is 3.04. The van der Waals surface area contributed by atoms with Gasteiger partial charge in [0, 0.05) is 43.2 Å². The Kier molecular flexibility index (Phi) is 8.89. The predicted octanol–water partition coefficient (Wildman–Crippen LogP) is 2.82. The third-order valence-electron chi connectivity index (χ3n) is 4.36. The van der Waals surface area contributed by atoms with E-state index in [-0.39, 0.29) is 42.7 Å².